The number of hydrogen-bond acceptors (Lipinski definition) is 4. The van der Waals surface area contributed by atoms with Crippen LogP contribution in [-0.2, 0) is 11.3 Å². The van der Waals surface area contributed by atoms with Gasteiger partial charge in [0.1, 0.15) is 11.8 Å². The molecule has 4 nitrogen and oxygen atoms in total. The Morgan fingerprint density at radius 3 is 2.76 bits per heavy atom. The monoisotopic (exact) mass is 234 g/mol. The molecule has 0 aromatic heterocycles. The molecule has 0 radical (unpaired) electrons. The Morgan fingerprint density at radius 1 is 1.41 bits per heavy atom. The van der Waals surface area contributed by atoms with Crippen LogP contribution in [0.4, 0.5) is 0 Å². The van der Waals surface area contributed by atoms with Crippen LogP contribution in [-0.4, -0.2) is 26.9 Å². The lowest BCUT2D eigenvalue weighted by Gasteiger charge is -2.11. The Morgan fingerprint density at radius 2 is 2.18 bits per heavy atom. The first kappa shape index (κ1) is 13.5. The molecule has 1 rings (SSSR count). The van der Waals surface area contributed by atoms with Crippen molar-refractivity contribution in [3.05, 3.63) is 29.3 Å². The zero-order valence-corrected chi connectivity index (χ0v) is 10.5. The van der Waals surface area contributed by atoms with Gasteiger partial charge < -0.3 is 14.8 Å². The van der Waals surface area contributed by atoms with E-state index in [9.17, 15) is 0 Å². The molecule has 0 bridgehead atoms. The van der Waals surface area contributed by atoms with Crippen molar-refractivity contribution in [1.82, 2.24) is 5.32 Å². The third-order valence-electron chi connectivity index (χ3n) is 2.55. The van der Waals surface area contributed by atoms with Crippen molar-refractivity contribution in [2.24, 2.45) is 0 Å². The lowest BCUT2D eigenvalue weighted by Crippen LogP contribution is -2.25. The average Bonchev–Trinajstić information content (AvgIpc) is 2.38. The van der Waals surface area contributed by atoms with E-state index in [-0.39, 0.29) is 6.10 Å². The van der Waals surface area contributed by atoms with Gasteiger partial charge in [-0.3, -0.25) is 0 Å². The lowest BCUT2D eigenvalue weighted by atomic mass is 10.1. The van der Waals surface area contributed by atoms with E-state index in [1.165, 1.54) is 0 Å². The molecule has 1 aromatic carbocycles. The predicted molar refractivity (Wildman–Crippen MR) is 65.9 cm³/mol. The number of nitriles is 1. The summed E-state index contributed by atoms with van der Waals surface area (Å²) in [5.74, 6) is 0.613. The fourth-order valence-corrected chi connectivity index (χ4v) is 1.46. The first-order valence-corrected chi connectivity index (χ1v) is 5.51. The van der Waals surface area contributed by atoms with Gasteiger partial charge in [0, 0.05) is 20.2 Å². The molecule has 0 saturated carbocycles. The number of methoxy groups -OCH3 is 2. The zero-order valence-electron chi connectivity index (χ0n) is 10.5. The van der Waals surface area contributed by atoms with Crippen molar-refractivity contribution < 1.29 is 9.47 Å². The normalized spacial score (nSPS) is 11.9. The van der Waals surface area contributed by atoms with Crippen molar-refractivity contribution in [2.45, 2.75) is 19.6 Å². The van der Waals surface area contributed by atoms with Crippen molar-refractivity contribution in [1.29, 1.82) is 5.26 Å². The van der Waals surface area contributed by atoms with E-state index in [2.05, 4.69) is 11.4 Å². The summed E-state index contributed by atoms with van der Waals surface area (Å²) in [5.41, 5.74) is 1.62. The minimum absolute atomic E-state index is 0.184. The summed E-state index contributed by atoms with van der Waals surface area (Å²) < 4.78 is 10.2. The number of hydrogen-bond donors (Lipinski definition) is 1. The maximum atomic E-state index is 8.96. The molecule has 0 spiro atoms. The Balaban J connectivity index is 2.58. The van der Waals surface area contributed by atoms with Crippen molar-refractivity contribution in [3.63, 3.8) is 0 Å². The number of rotatable bonds is 6. The Labute approximate surface area is 102 Å². The maximum absolute atomic E-state index is 8.96. The van der Waals surface area contributed by atoms with E-state index < -0.39 is 0 Å². The molecule has 1 atom stereocenters. The minimum atomic E-state index is 0.184. The molecule has 17 heavy (non-hydrogen) atoms. The van der Waals surface area contributed by atoms with Gasteiger partial charge in [-0.15, -0.1) is 0 Å². The minimum Gasteiger partial charge on any atom is -0.495 e. The van der Waals surface area contributed by atoms with Crippen LogP contribution in [0.1, 0.15) is 18.1 Å². The molecule has 0 aliphatic rings. The molecular weight excluding hydrogens is 216 g/mol. The van der Waals surface area contributed by atoms with E-state index in [0.717, 1.165) is 12.1 Å². The number of ether oxygens (including phenoxy) is 2. The average molecular weight is 234 g/mol. The first-order valence-electron chi connectivity index (χ1n) is 5.51. The molecular formula is C13H18N2O2. The summed E-state index contributed by atoms with van der Waals surface area (Å²) in [6.07, 6.45) is 0.184. The van der Waals surface area contributed by atoms with E-state index in [4.69, 9.17) is 14.7 Å². The molecule has 1 aromatic rings. The zero-order chi connectivity index (χ0) is 12.7. The quantitative estimate of drug-likeness (QED) is 0.813. The molecule has 0 aliphatic carbocycles. The van der Waals surface area contributed by atoms with E-state index in [1.807, 2.05) is 25.1 Å². The highest BCUT2D eigenvalue weighted by molar-refractivity contribution is 5.45. The van der Waals surface area contributed by atoms with Gasteiger partial charge >= 0.3 is 0 Å². The fraction of sp³-hybridized carbons (Fsp3) is 0.462. The summed E-state index contributed by atoms with van der Waals surface area (Å²) in [4.78, 5) is 0. The largest absolute Gasteiger partial charge is 0.495 e. The van der Waals surface area contributed by atoms with Gasteiger partial charge in [-0.05, 0) is 24.6 Å². The second-order valence-electron chi connectivity index (χ2n) is 3.82. The van der Waals surface area contributed by atoms with E-state index >= 15 is 0 Å². The fourth-order valence-electron chi connectivity index (χ4n) is 1.46. The topological polar surface area (TPSA) is 54.3 Å². The third-order valence-corrected chi connectivity index (χ3v) is 2.55. The molecule has 0 fully saturated rings. The Kier molecular flexibility index (Phi) is 5.47. The predicted octanol–water partition coefficient (Wildman–Crippen LogP) is 1.69. The number of benzene rings is 1. The highest BCUT2D eigenvalue weighted by atomic mass is 16.5. The maximum Gasteiger partial charge on any atom is 0.136 e. The van der Waals surface area contributed by atoms with Crippen molar-refractivity contribution >= 4 is 0 Å². The molecule has 0 amide bonds. The second kappa shape index (κ2) is 6.89. The molecule has 0 saturated heterocycles. The summed E-state index contributed by atoms with van der Waals surface area (Å²) in [7, 11) is 3.25. The van der Waals surface area contributed by atoms with Gasteiger partial charge in [-0.1, -0.05) is 6.07 Å². The third kappa shape index (κ3) is 4.06. The molecule has 92 valence electrons. The lowest BCUT2D eigenvalue weighted by molar-refractivity contribution is 0.117. The molecule has 4 heteroatoms. The van der Waals surface area contributed by atoms with Crippen molar-refractivity contribution in [3.8, 4) is 11.8 Å². The first-order chi connectivity index (χ1) is 8.21. The molecule has 1 N–H and O–H groups in total. The standard InChI is InChI=1S/C13H18N2O2/c1-10(16-2)8-15-9-11-4-5-13(17-3)12(6-11)7-14/h4-6,10,15H,8-9H2,1-3H3. The van der Waals surface area contributed by atoms with Gasteiger partial charge in [0.05, 0.1) is 18.8 Å². The van der Waals surface area contributed by atoms with Crippen LogP contribution in [0.15, 0.2) is 18.2 Å². The molecule has 0 heterocycles. The van der Waals surface area contributed by atoms with Crippen LogP contribution in [0.25, 0.3) is 0 Å². The summed E-state index contributed by atoms with van der Waals surface area (Å²) in [6.45, 7) is 3.50. The molecule has 1 unspecified atom stereocenters. The van der Waals surface area contributed by atoms with Crippen LogP contribution in [0.2, 0.25) is 0 Å². The van der Waals surface area contributed by atoms with Gasteiger partial charge in [0.15, 0.2) is 0 Å². The van der Waals surface area contributed by atoms with Crippen LogP contribution >= 0.6 is 0 Å². The van der Waals surface area contributed by atoms with Crippen LogP contribution < -0.4 is 10.1 Å². The van der Waals surface area contributed by atoms with Gasteiger partial charge in [-0.25, -0.2) is 0 Å². The smallest absolute Gasteiger partial charge is 0.136 e. The van der Waals surface area contributed by atoms with Gasteiger partial charge in [-0.2, -0.15) is 5.26 Å². The SMILES string of the molecule is COc1ccc(CNCC(C)OC)cc1C#N. The van der Waals surface area contributed by atoms with E-state index in [0.29, 0.717) is 17.9 Å². The highest BCUT2D eigenvalue weighted by Gasteiger charge is 2.04. The van der Waals surface area contributed by atoms with E-state index in [1.54, 1.807) is 14.2 Å². The van der Waals surface area contributed by atoms with Crippen LogP contribution in [0, 0.1) is 11.3 Å². The van der Waals surface area contributed by atoms with Gasteiger partial charge in [0.25, 0.3) is 0 Å². The van der Waals surface area contributed by atoms with Crippen LogP contribution in [0.3, 0.4) is 0 Å². The number of nitrogens with zero attached hydrogens (tertiary/aromatic N) is 1. The Bertz CT molecular complexity index is 399. The summed E-state index contributed by atoms with van der Waals surface area (Å²) in [5, 5.41) is 12.2. The highest BCUT2D eigenvalue weighted by Crippen LogP contribution is 2.18. The second-order valence-corrected chi connectivity index (χ2v) is 3.82. The summed E-state index contributed by atoms with van der Waals surface area (Å²) in [6, 6.07) is 7.72. The summed E-state index contributed by atoms with van der Waals surface area (Å²) >= 11 is 0. The number of nitrogens with one attached hydrogen (secondary N) is 1. The van der Waals surface area contributed by atoms with Crippen molar-refractivity contribution in [2.75, 3.05) is 20.8 Å². The van der Waals surface area contributed by atoms with Crippen LogP contribution in [0.5, 0.6) is 5.75 Å². The molecule has 0 aliphatic heterocycles. The van der Waals surface area contributed by atoms with Gasteiger partial charge in [0.2, 0.25) is 0 Å². The Hall–Kier alpha value is -1.57.